The number of ether oxygens (including phenoxy) is 2. The lowest BCUT2D eigenvalue weighted by Crippen LogP contribution is -2.27. The minimum atomic E-state index is -0.283. The van der Waals surface area contributed by atoms with Crippen LogP contribution in [-0.4, -0.2) is 26.7 Å². The summed E-state index contributed by atoms with van der Waals surface area (Å²) in [5.74, 6) is 1.03. The molecule has 0 fully saturated rings. The van der Waals surface area contributed by atoms with Gasteiger partial charge in [0.1, 0.15) is 5.82 Å². The highest BCUT2D eigenvalue weighted by Crippen LogP contribution is 2.27. The summed E-state index contributed by atoms with van der Waals surface area (Å²) in [7, 11) is 3.20. The number of hydrogen-bond donors (Lipinski definition) is 2. The fourth-order valence-corrected chi connectivity index (χ4v) is 2.32. The van der Waals surface area contributed by atoms with Gasteiger partial charge in [0.25, 0.3) is 0 Å². The Morgan fingerprint density at radius 2 is 1.64 bits per heavy atom. The molecule has 0 aromatic heterocycles. The van der Waals surface area contributed by atoms with Gasteiger partial charge in [-0.2, -0.15) is 0 Å². The van der Waals surface area contributed by atoms with Crippen molar-refractivity contribution in [1.82, 2.24) is 10.6 Å². The molecule has 1 amide bonds. The van der Waals surface area contributed by atoms with Crippen LogP contribution in [0.4, 0.5) is 4.39 Å². The van der Waals surface area contributed by atoms with E-state index in [1.54, 1.807) is 26.4 Å². The highest BCUT2D eigenvalue weighted by Gasteiger charge is 2.05. The van der Waals surface area contributed by atoms with Crippen molar-refractivity contribution in [3.8, 4) is 11.5 Å². The molecule has 2 rings (SSSR count). The second-order valence-electron chi connectivity index (χ2n) is 5.52. The Morgan fingerprint density at radius 3 is 2.32 bits per heavy atom. The molecule has 5 nitrogen and oxygen atoms in total. The summed E-state index contributed by atoms with van der Waals surface area (Å²) in [6.07, 6.45) is 0.370. The molecule has 6 heteroatoms. The maximum absolute atomic E-state index is 12.8. The van der Waals surface area contributed by atoms with Gasteiger partial charge in [0.15, 0.2) is 11.5 Å². The van der Waals surface area contributed by atoms with Crippen LogP contribution in [0.5, 0.6) is 11.5 Å². The maximum Gasteiger partial charge on any atom is 0.221 e. The molecule has 2 aromatic carbocycles. The lowest BCUT2D eigenvalue weighted by Gasteiger charge is -2.10. The van der Waals surface area contributed by atoms with E-state index in [1.165, 1.54) is 12.1 Å². The van der Waals surface area contributed by atoms with Crippen LogP contribution in [0.3, 0.4) is 0 Å². The van der Waals surface area contributed by atoms with E-state index >= 15 is 0 Å². The van der Waals surface area contributed by atoms with Gasteiger partial charge in [-0.25, -0.2) is 4.39 Å². The van der Waals surface area contributed by atoms with Crippen molar-refractivity contribution in [1.29, 1.82) is 0 Å². The monoisotopic (exact) mass is 346 g/mol. The number of rotatable bonds is 9. The molecule has 134 valence electrons. The Hall–Kier alpha value is -2.60. The molecule has 0 aliphatic carbocycles. The van der Waals surface area contributed by atoms with Crippen LogP contribution in [0, 0.1) is 5.82 Å². The van der Waals surface area contributed by atoms with Crippen LogP contribution in [-0.2, 0) is 17.9 Å². The van der Waals surface area contributed by atoms with E-state index in [0.29, 0.717) is 37.6 Å². The third-order valence-corrected chi connectivity index (χ3v) is 3.71. The fourth-order valence-electron chi connectivity index (χ4n) is 2.32. The molecule has 0 atom stereocenters. The Labute approximate surface area is 147 Å². The molecule has 0 radical (unpaired) electrons. The molecule has 0 spiro atoms. The van der Waals surface area contributed by atoms with Gasteiger partial charge in [-0.3, -0.25) is 4.79 Å². The molecule has 2 N–H and O–H groups in total. The number of hydrogen-bond acceptors (Lipinski definition) is 4. The van der Waals surface area contributed by atoms with Gasteiger partial charge < -0.3 is 20.1 Å². The number of nitrogens with one attached hydrogen (secondary N) is 2. The van der Waals surface area contributed by atoms with E-state index in [0.717, 1.165) is 11.1 Å². The van der Waals surface area contributed by atoms with Gasteiger partial charge in [0, 0.05) is 26.1 Å². The molecular weight excluding hydrogens is 323 g/mol. The molecule has 0 unspecified atom stereocenters. The van der Waals surface area contributed by atoms with E-state index in [1.807, 2.05) is 18.2 Å². The Balaban J connectivity index is 1.68. The number of amides is 1. The second kappa shape index (κ2) is 9.64. The van der Waals surface area contributed by atoms with Gasteiger partial charge in [-0.1, -0.05) is 18.2 Å². The van der Waals surface area contributed by atoms with Gasteiger partial charge >= 0.3 is 0 Å². The zero-order valence-corrected chi connectivity index (χ0v) is 14.5. The fraction of sp³-hybridized carbons (Fsp3) is 0.316. The smallest absolute Gasteiger partial charge is 0.221 e. The first-order chi connectivity index (χ1) is 12.1. The number of carbonyl (C=O) groups is 1. The second-order valence-corrected chi connectivity index (χ2v) is 5.52. The van der Waals surface area contributed by atoms with E-state index < -0.39 is 0 Å². The normalized spacial score (nSPS) is 10.4. The lowest BCUT2D eigenvalue weighted by atomic mass is 10.2. The van der Waals surface area contributed by atoms with Crippen molar-refractivity contribution >= 4 is 5.91 Å². The summed E-state index contributed by atoms with van der Waals surface area (Å²) in [6.45, 7) is 1.59. The van der Waals surface area contributed by atoms with Crippen molar-refractivity contribution in [2.45, 2.75) is 19.5 Å². The summed E-state index contributed by atoms with van der Waals surface area (Å²) in [4.78, 5) is 11.8. The largest absolute Gasteiger partial charge is 0.493 e. The Bertz CT molecular complexity index is 690. The standard InChI is InChI=1S/C19H23FN2O3/c1-24-17-8-5-15(11-18(17)25-2)12-21-10-9-19(23)22-13-14-3-6-16(20)7-4-14/h3-8,11,21H,9-10,12-13H2,1-2H3,(H,22,23). The van der Waals surface area contributed by atoms with Crippen molar-refractivity contribution in [2.75, 3.05) is 20.8 Å². The first kappa shape index (κ1) is 18.7. The van der Waals surface area contributed by atoms with Crippen molar-refractivity contribution in [2.24, 2.45) is 0 Å². The quantitative estimate of drug-likeness (QED) is 0.686. The highest BCUT2D eigenvalue weighted by atomic mass is 19.1. The molecule has 0 aliphatic rings. The lowest BCUT2D eigenvalue weighted by molar-refractivity contribution is -0.121. The molecule has 2 aromatic rings. The van der Waals surface area contributed by atoms with Crippen molar-refractivity contribution in [3.05, 3.63) is 59.4 Å². The molecule has 0 heterocycles. The average Bonchev–Trinajstić information content (AvgIpc) is 2.64. The van der Waals surface area contributed by atoms with Gasteiger partial charge in [0.05, 0.1) is 14.2 Å². The third kappa shape index (κ3) is 6.08. The Kier molecular flexibility index (Phi) is 7.22. The summed E-state index contributed by atoms with van der Waals surface area (Å²) in [6, 6.07) is 11.8. The van der Waals surface area contributed by atoms with E-state index in [4.69, 9.17) is 9.47 Å². The first-order valence-electron chi connectivity index (χ1n) is 8.05. The first-order valence-corrected chi connectivity index (χ1v) is 8.05. The van der Waals surface area contributed by atoms with E-state index in [2.05, 4.69) is 10.6 Å². The summed E-state index contributed by atoms with van der Waals surface area (Å²) in [5, 5.41) is 6.03. The molecule has 0 saturated carbocycles. The summed E-state index contributed by atoms with van der Waals surface area (Å²) in [5.41, 5.74) is 1.91. The molecule has 0 saturated heterocycles. The van der Waals surface area contributed by atoms with Crippen LogP contribution in [0.15, 0.2) is 42.5 Å². The minimum Gasteiger partial charge on any atom is -0.493 e. The minimum absolute atomic E-state index is 0.0517. The average molecular weight is 346 g/mol. The third-order valence-electron chi connectivity index (χ3n) is 3.71. The van der Waals surface area contributed by atoms with Crippen LogP contribution >= 0.6 is 0 Å². The van der Waals surface area contributed by atoms with E-state index in [9.17, 15) is 9.18 Å². The number of halogens is 1. The van der Waals surface area contributed by atoms with Crippen LogP contribution in [0.25, 0.3) is 0 Å². The van der Waals surface area contributed by atoms with Crippen LogP contribution in [0.1, 0.15) is 17.5 Å². The van der Waals surface area contributed by atoms with Crippen LogP contribution < -0.4 is 20.1 Å². The zero-order chi connectivity index (χ0) is 18.1. The van der Waals surface area contributed by atoms with Gasteiger partial charge in [-0.15, -0.1) is 0 Å². The topological polar surface area (TPSA) is 59.6 Å². The molecule has 0 bridgehead atoms. The van der Waals surface area contributed by atoms with Gasteiger partial charge in [-0.05, 0) is 35.4 Å². The van der Waals surface area contributed by atoms with Gasteiger partial charge in [0.2, 0.25) is 5.91 Å². The summed E-state index contributed by atoms with van der Waals surface area (Å²) < 4.78 is 23.3. The SMILES string of the molecule is COc1ccc(CNCCC(=O)NCc2ccc(F)cc2)cc1OC. The number of carbonyl (C=O) groups excluding carboxylic acids is 1. The number of methoxy groups -OCH3 is 2. The Morgan fingerprint density at radius 1 is 0.960 bits per heavy atom. The van der Waals surface area contributed by atoms with Crippen molar-refractivity contribution < 1.29 is 18.7 Å². The molecular formula is C19H23FN2O3. The van der Waals surface area contributed by atoms with Crippen LogP contribution in [0.2, 0.25) is 0 Å². The predicted octanol–water partition coefficient (Wildman–Crippen LogP) is 2.64. The van der Waals surface area contributed by atoms with Crippen molar-refractivity contribution in [3.63, 3.8) is 0 Å². The zero-order valence-electron chi connectivity index (χ0n) is 14.5. The molecule has 0 aliphatic heterocycles. The predicted molar refractivity (Wildman–Crippen MR) is 94.1 cm³/mol. The van der Waals surface area contributed by atoms with E-state index in [-0.39, 0.29) is 11.7 Å². The summed E-state index contributed by atoms with van der Waals surface area (Å²) >= 11 is 0. The highest BCUT2D eigenvalue weighted by molar-refractivity contribution is 5.76. The maximum atomic E-state index is 12.8. The number of benzene rings is 2. The molecule has 25 heavy (non-hydrogen) atoms.